The van der Waals surface area contributed by atoms with Gasteiger partial charge >= 0.3 is 0 Å². The van der Waals surface area contributed by atoms with Crippen LogP contribution in [0.15, 0.2) is 18.2 Å². The minimum absolute atomic E-state index is 0.171. The quantitative estimate of drug-likeness (QED) is 0.794. The van der Waals surface area contributed by atoms with Crippen LogP contribution in [0.3, 0.4) is 0 Å². The zero-order valence-electron chi connectivity index (χ0n) is 13.4. The third kappa shape index (κ3) is 2.02. The molecule has 0 aliphatic heterocycles. The van der Waals surface area contributed by atoms with Crippen LogP contribution in [0, 0.1) is 5.92 Å². The maximum atomic E-state index is 10.8. The van der Waals surface area contributed by atoms with E-state index in [1.165, 1.54) is 23.1 Å². The molecule has 0 unspecified atom stereocenters. The van der Waals surface area contributed by atoms with E-state index in [9.17, 15) is 5.11 Å². The first kappa shape index (κ1) is 14.1. The molecular weight excluding hydrogens is 244 g/mol. The van der Waals surface area contributed by atoms with Crippen molar-refractivity contribution in [3.8, 4) is 0 Å². The third-order valence-corrected chi connectivity index (χ3v) is 6.01. The van der Waals surface area contributed by atoms with E-state index in [1.807, 2.05) is 0 Å². The molecule has 1 aromatic rings. The number of aryl methyl sites for hydroxylation is 1. The summed E-state index contributed by atoms with van der Waals surface area (Å²) in [6, 6.07) is 7.09. The third-order valence-electron chi connectivity index (χ3n) is 6.01. The van der Waals surface area contributed by atoms with Crippen LogP contribution in [-0.4, -0.2) is 10.7 Å². The van der Waals surface area contributed by atoms with Crippen LogP contribution >= 0.6 is 0 Å². The lowest BCUT2D eigenvalue weighted by atomic mass is 9.53. The first-order valence-electron chi connectivity index (χ1n) is 8.20. The van der Waals surface area contributed by atoms with Crippen molar-refractivity contribution in [2.75, 3.05) is 0 Å². The molecule has 20 heavy (non-hydrogen) atoms. The Balaban J connectivity index is 2.06. The highest BCUT2D eigenvalue weighted by Gasteiger charge is 2.50. The van der Waals surface area contributed by atoms with Crippen molar-refractivity contribution in [1.29, 1.82) is 0 Å². The smallest absolute Gasteiger partial charge is 0.0656 e. The van der Waals surface area contributed by atoms with Gasteiger partial charge in [-0.05, 0) is 73.0 Å². The Labute approximate surface area is 123 Å². The first-order valence-corrected chi connectivity index (χ1v) is 8.20. The molecule has 0 saturated heterocycles. The molecule has 3 rings (SSSR count). The molecule has 1 N–H and O–H groups in total. The van der Waals surface area contributed by atoms with E-state index in [0.29, 0.717) is 11.8 Å². The lowest BCUT2D eigenvalue weighted by molar-refractivity contribution is -0.0748. The Hall–Kier alpha value is -0.820. The standard InChI is InChI=1S/C19H28O/c1-13(2)14-6-8-16-15(12-14)7-9-17-18(16,3)10-5-11-19(17,4)20/h6,8,12-13,17,20H,5,7,9-11H2,1-4H3/t17-,18+,19-/m0/s1. The van der Waals surface area contributed by atoms with E-state index >= 15 is 0 Å². The fourth-order valence-corrected chi connectivity index (χ4v) is 4.84. The predicted molar refractivity (Wildman–Crippen MR) is 84.2 cm³/mol. The topological polar surface area (TPSA) is 20.2 Å². The summed E-state index contributed by atoms with van der Waals surface area (Å²) < 4.78 is 0. The van der Waals surface area contributed by atoms with Crippen molar-refractivity contribution < 1.29 is 5.11 Å². The van der Waals surface area contributed by atoms with Gasteiger partial charge in [0.25, 0.3) is 0 Å². The second-order valence-corrected chi connectivity index (χ2v) is 7.79. The Morgan fingerprint density at radius 3 is 2.65 bits per heavy atom. The van der Waals surface area contributed by atoms with Gasteiger partial charge in [0.1, 0.15) is 0 Å². The van der Waals surface area contributed by atoms with Crippen LogP contribution in [0.1, 0.15) is 76.0 Å². The number of fused-ring (bicyclic) bond motifs is 3. The van der Waals surface area contributed by atoms with Crippen molar-refractivity contribution >= 4 is 0 Å². The first-order chi connectivity index (χ1) is 9.34. The highest BCUT2D eigenvalue weighted by Crippen LogP contribution is 2.53. The van der Waals surface area contributed by atoms with Gasteiger partial charge in [-0.25, -0.2) is 0 Å². The van der Waals surface area contributed by atoms with Gasteiger partial charge in [0.2, 0.25) is 0 Å². The Kier molecular flexibility index (Phi) is 3.25. The normalized spacial score (nSPS) is 36.6. The van der Waals surface area contributed by atoms with E-state index in [4.69, 9.17) is 0 Å². The van der Waals surface area contributed by atoms with Crippen LogP contribution in [-0.2, 0) is 11.8 Å². The molecule has 0 heterocycles. The van der Waals surface area contributed by atoms with Gasteiger partial charge in [0.05, 0.1) is 5.60 Å². The second-order valence-electron chi connectivity index (χ2n) is 7.79. The molecule has 1 aromatic carbocycles. The number of hydrogen-bond acceptors (Lipinski definition) is 1. The Morgan fingerprint density at radius 1 is 1.20 bits per heavy atom. The summed E-state index contributed by atoms with van der Waals surface area (Å²) in [5.74, 6) is 1.02. The number of benzene rings is 1. The lowest BCUT2D eigenvalue weighted by Crippen LogP contribution is -2.52. The van der Waals surface area contributed by atoms with Crippen molar-refractivity contribution in [3.63, 3.8) is 0 Å². The Bertz CT molecular complexity index is 514. The fourth-order valence-electron chi connectivity index (χ4n) is 4.84. The van der Waals surface area contributed by atoms with E-state index in [1.54, 1.807) is 0 Å². The fraction of sp³-hybridized carbons (Fsp3) is 0.684. The molecule has 2 aliphatic carbocycles. The monoisotopic (exact) mass is 272 g/mol. The summed E-state index contributed by atoms with van der Waals surface area (Å²) in [4.78, 5) is 0. The average molecular weight is 272 g/mol. The zero-order chi connectivity index (χ0) is 14.5. The van der Waals surface area contributed by atoms with Gasteiger partial charge in [0, 0.05) is 0 Å². The minimum Gasteiger partial charge on any atom is -0.390 e. The van der Waals surface area contributed by atoms with E-state index < -0.39 is 5.60 Å². The van der Waals surface area contributed by atoms with E-state index in [0.717, 1.165) is 25.7 Å². The van der Waals surface area contributed by atoms with Crippen LogP contribution < -0.4 is 0 Å². The number of rotatable bonds is 1. The highest BCUT2D eigenvalue weighted by molar-refractivity contribution is 5.42. The number of hydrogen-bond donors (Lipinski definition) is 1. The summed E-state index contributed by atoms with van der Waals surface area (Å²) in [7, 11) is 0. The molecule has 0 amide bonds. The molecule has 1 nitrogen and oxygen atoms in total. The Morgan fingerprint density at radius 2 is 1.95 bits per heavy atom. The summed E-state index contributed by atoms with van der Waals surface area (Å²) in [6.45, 7) is 8.97. The largest absolute Gasteiger partial charge is 0.390 e. The zero-order valence-corrected chi connectivity index (χ0v) is 13.4. The molecular formula is C19H28O. The molecule has 3 atom stereocenters. The predicted octanol–water partition coefficient (Wildman–Crippen LogP) is 4.57. The SMILES string of the molecule is CC(C)c1ccc2c(c1)CC[C@@H]1[C@@](C)(O)CCC[C@]21C. The molecule has 2 aliphatic rings. The van der Waals surface area contributed by atoms with Gasteiger partial charge < -0.3 is 5.11 Å². The van der Waals surface area contributed by atoms with Crippen LogP contribution in [0.25, 0.3) is 0 Å². The summed E-state index contributed by atoms with van der Waals surface area (Å²) in [5.41, 5.74) is 4.19. The van der Waals surface area contributed by atoms with Gasteiger partial charge in [-0.15, -0.1) is 0 Å². The summed E-state index contributed by atoms with van der Waals surface area (Å²) >= 11 is 0. The van der Waals surface area contributed by atoms with Crippen LogP contribution in [0.5, 0.6) is 0 Å². The molecule has 0 aromatic heterocycles. The van der Waals surface area contributed by atoms with Crippen molar-refractivity contribution in [3.05, 3.63) is 34.9 Å². The molecule has 110 valence electrons. The molecule has 0 bridgehead atoms. The van der Waals surface area contributed by atoms with E-state index in [-0.39, 0.29) is 5.41 Å². The summed E-state index contributed by atoms with van der Waals surface area (Å²) in [5, 5.41) is 10.8. The summed E-state index contributed by atoms with van der Waals surface area (Å²) in [6.07, 6.45) is 5.60. The number of aliphatic hydroxyl groups is 1. The maximum absolute atomic E-state index is 10.8. The molecule has 0 spiro atoms. The maximum Gasteiger partial charge on any atom is 0.0656 e. The molecule has 1 fully saturated rings. The van der Waals surface area contributed by atoms with Crippen molar-refractivity contribution in [2.24, 2.45) is 5.92 Å². The highest BCUT2D eigenvalue weighted by atomic mass is 16.3. The molecule has 1 heteroatoms. The van der Waals surface area contributed by atoms with E-state index in [2.05, 4.69) is 45.9 Å². The lowest BCUT2D eigenvalue weighted by Gasteiger charge is -2.53. The van der Waals surface area contributed by atoms with Gasteiger partial charge in [-0.3, -0.25) is 0 Å². The molecule has 1 saturated carbocycles. The minimum atomic E-state index is -0.485. The van der Waals surface area contributed by atoms with Gasteiger partial charge in [0.15, 0.2) is 0 Å². The second kappa shape index (κ2) is 4.59. The van der Waals surface area contributed by atoms with Crippen LogP contribution in [0.4, 0.5) is 0 Å². The van der Waals surface area contributed by atoms with Crippen molar-refractivity contribution in [2.45, 2.75) is 76.7 Å². The van der Waals surface area contributed by atoms with Gasteiger partial charge in [-0.2, -0.15) is 0 Å². The average Bonchev–Trinajstić information content (AvgIpc) is 2.37. The molecule has 0 radical (unpaired) electrons. The van der Waals surface area contributed by atoms with Gasteiger partial charge in [-0.1, -0.05) is 39.0 Å². The van der Waals surface area contributed by atoms with Crippen molar-refractivity contribution in [1.82, 2.24) is 0 Å². The van der Waals surface area contributed by atoms with Crippen LogP contribution in [0.2, 0.25) is 0 Å².